The molecule has 0 fully saturated rings. The van der Waals surface area contributed by atoms with Crippen LogP contribution in [0.1, 0.15) is 36.6 Å². The van der Waals surface area contributed by atoms with Crippen LogP contribution in [-0.2, 0) is 9.53 Å². The van der Waals surface area contributed by atoms with Crippen LogP contribution in [0.25, 0.3) is 6.08 Å². The molecule has 1 atom stereocenters. The number of aromatic nitrogens is 1. The van der Waals surface area contributed by atoms with Gasteiger partial charge in [-0.3, -0.25) is 9.36 Å². The van der Waals surface area contributed by atoms with E-state index in [9.17, 15) is 9.59 Å². The second-order valence-electron chi connectivity index (χ2n) is 7.55. The molecule has 1 aliphatic rings. The highest BCUT2D eigenvalue weighted by Gasteiger charge is 2.34. The number of carbonyl (C=O) groups excluding carboxylic acids is 1. The number of hydrogen-bond acceptors (Lipinski definition) is 6. The predicted molar refractivity (Wildman–Crippen MR) is 132 cm³/mol. The van der Waals surface area contributed by atoms with E-state index < -0.39 is 12.0 Å². The van der Waals surface area contributed by atoms with Crippen LogP contribution in [0, 0.1) is 6.92 Å². The van der Waals surface area contributed by atoms with Crippen molar-refractivity contribution in [2.24, 2.45) is 4.99 Å². The van der Waals surface area contributed by atoms with Gasteiger partial charge >= 0.3 is 5.97 Å². The summed E-state index contributed by atoms with van der Waals surface area (Å²) in [5, 5.41) is 0. The van der Waals surface area contributed by atoms with E-state index in [1.807, 2.05) is 55.5 Å². The number of benzene rings is 2. The number of rotatable bonds is 5. The van der Waals surface area contributed by atoms with Crippen LogP contribution in [0.3, 0.4) is 0 Å². The Morgan fingerprint density at radius 3 is 2.70 bits per heavy atom. The summed E-state index contributed by atoms with van der Waals surface area (Å²) in [6.07, 6.45) is 1.84. The monoisotopic (exact) mass is 526 g/mol. The van der Waals surface area contributed by atoms with Gasteiger partial charge in [0, 0.05) is 10.0 Å². The second-order valence-corrected chi connectivity index (χ2v) is 9.42. The number of carbonyl (C=O) groups is 1. The molecular weight excluding hydrogens is 504 g/mol. The fourth-order valence-corrected chi connectivity index (χ4v) is 5.27. The van der Waals surface area contributed by atoms with E-state index in [2.05, 4.69) is 20.9 Å². The van der Waals surface area contributed by atoms with Crippen molar-refractivity contribution in [2.75, 3.05) is 13.7 Å². The first-order valence-corrected chi connectivity index (χ1v) is 12.0. The van der Waals surface area contributed by atoms with Gasteiger partial charge in [0.1, 0.15) is 11.8 Å². The lowest BCUT2D eigenvalue weighted by Crippen LogP contribution is -2.40. The molecule has 0 aliphatic carbocycles. The molecule has 6 nitrogen and oxygen atoms in total. The third-order valence-corrected chi connectivity index (χ3v) is 7.28. The number of fused-ring (bicyclic) bond motifs is 1. The summed E-state index contributed by atoms with van der Waals surface area (Å²) in [6.45, 7) is 5.75. The molecule has 2 aromatic carbocycles. The Balaban J connectivity index is 1.99. The predicted octanol–water partition coefficient (Wildman–Crippen LogP) is 3.88. The van der Waals surface area contributed by atoms with E-state index in [0.717, 1.165) is 15.6 Å². The summed E-state index contributed by atoms with van der Waals surface area (Å²) in [6, 6.07) is 12.6. The van der Waals surface area contributed by atoms with Crippen LogP contribution >= 0.6 is 27.3 Å². The number of nitrogens with zero attached hydrogens (tertiary/aromatic N) is 2. The Hall–Kier alpha value is -2.97. The zero-order valence-electron chi connectivity index (χ0n) is 18.7. The van der Waals surface area contributed by atoms with Crippen molar-refractivity contribution in [2.45, 2.75) is 26.8 Å². The van der Waals surface area contributed by atoms with E-state index in [1.165, 1.54) is 11.3 Å². The smallest absolute Gasteiger partial charge is 0.338 e. The number of aryl methyl sites for hydroxylation is 1. The van der Waals surface area contributed by atoms with E-state index >= 15 is 0 Å². The molecule has 0 bridgehead atoms. The zero-order valence-corrected chi connectivity index (χ0v) is 21.1. The lowest BCUT2D eigenvalue weighted by Gasteiger charge is -2.25. The second kappa shape index (κ2) is 9.49. The molecule has 2 heterocycles. The molecule has 1 aromatic heterocycles. The van der Waals surface area contributed by atoms with Crippen molar-refractivity contribution in [1.29, 1.82) is 0 Å². The average molecular weight is 527 g/mol. The Bertz CT molecular complexity index is 1450. The molecular formula is C25H23BrN2O4S. The van der Waals surface area contributed by atoms with Gasteiger partial charge in [0.15, 0.2) is 4.80 Å². The lowest BCUT2D eigenvalue weighted by atomic mass is 9.95. The number of thiazole rings is 1. The van der Waals surface area contributed by atoms with Gasteiger partial charge in [-0.15, -0.1) is 0 Å². The van der Waals surface area contributed by atoms with Gasteiger partial charge in [0.2, 0.25) is 0 Å². The lowest BCUT2D eigenvalue weighted by molar-refractivity contribution is -0.139. The zero-order chi connectivity index (χ0) is 23.7. The largest absolute Gasteiger partial charge is 0.496 e. The molecule has 0 saturated heterocycles. The maximum atomic E-state index is 13.6. The molecule has 0 saturated carbocycles. The molecule has 3 aromatic rings. The maximum Gasteiger partial charge on any atom is 0.338 e. The number of halogens is 1. The quantitative estimate of drug-likeness (QED) is 0.473. The van der Waals surface area contributed by atoms with Crippen molar-refractivity contribution >= 4 is 39.3 Å². The molecule has 0 spiro atoms. The summed E-state index contributed by atoms with van der Waals surface area (Å²) in [5.74, 6) is 0.0856. The molecule has 0 unspecified atom stereocenters. The Morgan fingerprint density at radius 2 is 2.00 bits per heavy atom. The minimum absolute atomic E-state index is 0.222. The first kappa shape index (κ1) is 23.2. The minimum atomic E-state index is -0.705. The van der Waals surface area contributed by atoms with Gasteiger partial charge in [0.05, 0.1) is 29.5 Å². The van der Waals surface area contributed by atoms with Crippen LogP contribution in [-0.4, -0.2) is 24.3 Å². The molecule has 0 N–H and O–H groups in total. The normalized spacial score (nSPS) is 15.8. The van der Waals surface area contributed by atoms with Crippen molar-refractivity contribution in [3.05, 3.63) is 94.6 Å². The van der Waals surface area contributed by atoms with Crippen LogP contribution in [0.4, 0.5) is 0 Å². The summed E-state index contributed by atoms with van der Waals surface area (Å²) < 4.78 is 14.0. The molecule has 1 aliphatic heterocycles. The van der Waals surface area contributed by atoms with E-state index in [4.69, 9.17) is 9.47 Å². The van der Waals surface area contributed by atoms with E-state index in [1.54, 1.807) is 25.5 Å². The third kappa shape index (κ3) is 4.32. The standard InChI is InChI=1S/C25H23BrN2O4S/c1-5-32-24(30)21-15(3)27-25-28(22(21)17-8-6-7-9-19(17)31-4)23(29)20(33-25)13-16-11-10-14(2)18(26)12-16/h6-13,22H,5H2,1-4H3/b20-13-/t22-/m0/s1. The maximum absolute atomic E-state index is 13.6. The molecule has 170 valence electrons. The van der Waals surface area contributed by atoms with Crippen molar-refractivity contribution in [3.8, 4) is 5.75 Å². The number of methoxy groups -OCH3 is 1. The molecule has 0 amide bonds. The van der Waals surface area contributed by atoms with Crippen LogP contribution in [0.5, 0.6) is 5.75 Å². The van der Waals surface area contributed by atoms with Gasteiger partial charge in [0.25, 0.3) is 5.56 Å². The average Bonchev–Trinajstić information content (AvgIpc) is 3.10. The topological polar surface area (TPSA) is 69.9 Å². The number of hydrogen-bond donors (Lipinski definition) is 0. The van der Waals surface area contributed by atoms with Crippen molar-refractivity contribution < 1.29 is 14.3 Å². The summed E-state index contributed by atoms with van der Waals surface area (Å²) in [7, 11) is 1.57. The number of para-hydroxylation sites is 1. The number of allylic oxidation sites excluding steroid dienone is 1. The fraction of sp³-hybridized carbons (Fsp3) is 0.240. The number of esters is 1. The Labute approximate surface area is 203 Å². The van der Waals surface area contributed by atoms with Crippen LogP contribution in [0.15, 0.2) is 68.0 Å². The van der Waals surface area contributed by atoms with Crippen molar-refractivity contribution in [3.63, 3.8) is 0 Å². The molecule has 4 rings (SSSR count). The molecule has 8 heteroatoms. The minimum Gasteiger partial charge on any atom is -0.496 e. The highest BCUT2D eigenvalue weighted by molar-refractivity contribution is 9.10. The van der Waals surface area contributed by atoms with E-state index in [-0.39, 0.29) is 12.2 Å². The molecule has 33 heavy (non-hydrogen) atoms. The highest BCUT2D eigenvalue weighted by Crippen LogP contribution is 2.35. The van der Waals surface area contributed by atoms with Gasteiger partial charge in [-0.1, -0.05) is 57.6 Å². The summed E-state index contributed by atoms with van der Waals surface area (Å²) in [5.41, 5.74) is 3.34. The first-order chi connectivity index (χ1) is 15.8. The van der Waals surface area contributed by atoms with Crippen LogP contribution < -0.4 is 19.6 Å². The first-order valence-electron chi connectivity index (χ1n) is 10.4. The Morgan fingerprint density at radius 1 is 1.24 bits per heavy atom. The van der Waals surface area contributed by atoms with Crippen molar-refractivity contribution in [1.82, 2.24) is 4.57 Å². The van der Waals surface area contributed by atoms with Gasteiger partial charge in [-0.25, -0.2) is 9.79 Å². The van der Waals surface area contributed by atoms with Gasteiger partial charge in [-0.2, -0.15) is 0 Å². The van der Waals surface area contributed by atoms with Crippen LogP contribution in [0.2, 0.25) is 0 Å². The summed E-state index contributed by atoms with van der Waals surface area (Å²) >= 11 is 4.84. The fourth-order valence-electron chi connectivity index (χ4n) is 3.83. The Kier molecular flexibility index (Phi) is 6.67. The highest BCUT2D eigenvalue weighted by atomic mass is 79.9. The SMILES string of the molecule is CCOC(=O)C1=C(C)N=c2s/c(=C\c3ccc(C)c(Br)c3)c(=O)n2[C@H]1c1ccccc1OC. The third-order valence-electron chi connectivity index (χ3n) is 5.44. The summed E-state index contributed by atoms with van der Waals surface area (Å²) in [4.78, 5) is 31.7. The molecule has 0 radical (unpaired) electrons. The van der Waals surface area contributed by atoms with Gasteiger partial charge < -0.3 is 9.47 Å². The van der Waals surface area contributed by atoms with Gasteiger partial charge in [-0.05, 0) is 50.1 Å². The number of ether oxygens (including phenoxy) is 2. The van der Waals surface area contributed by atoms with E-state index in [0.29, 0.717) is 31.9 Å².